The Bertz CT molecular complexity index is 1320. The van der Waals surface area contributed by atoms with Crippen molar-refractivity contribution in [2.24, 2.45) is 5.92 Å². The number of fused-ring (bicyclic) bond motifs is 1. The molecule has 0 radical (unpaired) electrons. The summed E-state index contributed by atoms with van der Waals surface area (Å²) in [7, 11) is -2.07. The van der Waals surface area contributed by atoms with Crippen LogP contribution in [0, 0.1) is 18.3 Å². The third-order valence-electron chi connectivity index (χ3n) is 5.85. The number of nitrogens with one attached hydrogen (secondary N) is 2. The number of rotatable bonds is 9. The number of methoxy groups -OCH3 is 1. The van der Waals surface area contributed by atoms with Crippen LogP contribution in [-0.2, 0) is 27.9 Å². The highest BCUT2D eigenvalue weighted by Crippen LogP contribution is 2.35. The molecular weight excluding hydrogens is 458 g/mol. The van der Waals surface area contributed by atoms with Crippen LogP contribution >= 0.6 is 0 Å². The van der Waals surface area contributed by atoms with Gasteiger partial charge in [-0.2, -0.15) is 5.10 Å². The number of aromatic nitrogens is 3. The van der Waals surface area contributed by atoms with Gasteiger partial charge in [0.15, 0.2) is 11.4 Å². The number of anilines is 1. The van der Waals surface area contributed by atoms with Crippen molar-refractivity contribution in [1.29, 1.82) is 0 Å². The van der Waals surface area contributed by atoms with Crippen LogP contribution in [-0.4, -0.2) is 42.1 Å². The number of terminal acetylenes is 1. The van der Waals surface area contributed by atoms with Gasteiger partial charge in [0.2, 0.25) is 10.0 Å². The van der Waals surface area contributed by atoms with Crippen LogP contribution in [0.25, 0.3) is 11.0 Å². The lowest BCUT2D eigenvalue weighted by Gasteiger charge is -2.21. The number of amides is 1. The Morgan fingerprint density at radius 2 is 2.12 bits per heavy atom. The molecule has 34 heavy (non-hydrogen) atoms. The van der Waals surface area contributed by atoms with Gasteiger partial charge in [0.25, 0.3) is 5.91 Å². The average Bonchev–Trinajstić information content (AvgIpc) is 3.43. The highest BCUT2D eigenvalue weighted by Gasteiger charge is 2.24. The molecule has 2 heterocycles. The highest BCUT2D eigenvalue weighted by atomic mass is 32.2. The summed E-state index contributed by atoms with van der Waals surface area (Å²) in [5.41, 5.74) is 1.88. The maximum atomic E-state index is 12.8. The summed E-state index contributed by atoms with van der Waals surface area (Å²) in [6, 6.07) is 5.34. The molecule has 0 saturated heterocycles. The minimum Gasteiger partial charge on any atom is -0.496 e. The van der Waals surface area contributed by atoms with E-state index < -0.39 is 15.9 Å². The number of sulfonamides is 1. The molecule has 2 aromatic heterocycles. The first kappa shape index (κ1) is 23.6. The van der Waals surface area contributed by atoms with E-state index >= 15 is 0 Å². The van der Waals surface area contributed by atoms with Gasteiger partial charge in [0.1, 0.15) is 11.1 Å². The van der Waals surface area contributed by atoms with Crippen LogP contribution in [0.5, 0.6) is 5.75 Å². The quantitative estimate of drug-likeness (QED) is 0.446. The molecule has 2 N–H and O–H groups in total. The number of benzene rings is 1. The molecule has 3 aromatic rings. The molecular formula is C23H27N5O5S. The summed E-state index contributed by atoms with van der Waals surface area (Å²) in [6.07, 6.45) is 12.0. The van der Waals surface area contributed by atoms with Crippen molar-refractivity contribution < 1.29 is 22.5 Å². The van der Waals surface area contributed by atoms with Crippen molar-refractivity contribution in [1.82, 2.24) is 20.3 Å². The van der Waals surface area contributed by atoms with Crippen LogP contribution in [0.4, 0.5) is 5.82 Å². The number of carbonyl (C=O) groups is 1. The maximum Gasteiger partial charge on any atom is 0.295 e. The molecule has 0 bridgehead atoms. The molecule has 4 rings (SSSR count). The van der Waals surface area contributed by atoms with Gasteiger partial charge in [0.05, 0.1) is 31.6 Å². The van der Waals surface area contributed by atoms with Crippen LogP contribution in [0.15, 0.2) is 28.9 Å². The summed E-state index contributed by atoms with van der Waals surface area (Å²) in [5, 5.41) is 11.4. The van der Waals surface area contributed by atoms with Crippen molar-refractivity contribution in [3.63, 3.8) is 0 Å². The minimum atomic E-state index is -3.57. The molecule has 1 aromatic carbocycles. The molecule has 11 heteroatoms. The van der Waals surface area contributed by atoms with Gasteiger partial charge < -0.3 is 14.6 Å². The molecule has 0 unspecified atom stereocenters. The van der Waals surface area contributed by atoms with E-state index in [9.17, 15) is 13.2 Å². The number of hydrogen-bond donors (Lipinski definition) is 2. The molecule has 0 atom stereocenters. The van der Waals surface area contributed by atoms with Crippen LogP contribution in [0.1, 0.15) is 43.4 Å². The van der Waals surface area contributed by atoms with Crippen LogP contribution < -0.4 is 14.8 Å². The molecule has 1 aliphatic rings. The zero-order valence-electron chi connectivity index (χ0n) is 18.9. The Morgan fingerprint density at radius 1 is 1.32 bits per heavy atom. The second-order valence-corrected chi connectivity index (χ2v) is 10.2. The third kappa shape index (κ3) is 5.69. The Balaban J connectivity index is 1.50. The summed E-state index contributed by atoms with van der Waals surface area (Å²) in [6.45, 7) is 0.629. The van der Waals surface area contributed by atoms with Crippen molar-refractivity contribution >= 4 is 32.7 Å². The van der Waals surface area contributed by atoms with Crippen LogP contribution in [0.3, 0.4) is 0 Å². The van der Waals surface area contributed by atoms with Crippen molar-refractivity contribution in [2.75, 3.05) is 17.6 Å². The summed E-state index contributed by atoms with van der Waals surface area (Å²) in [5.74, 6) is 2.30. The van der Waals surface area contributed by atoms with Gasteiger partial charge >= 0.3 is 0 Å². The van der Waals surface area contributed by atoms with Crippen LogP contribution in [0.2, 0.25) is 0 Å². The second-order valence-electron chi connectivity index (χ2n) is 8.42. The van der Waals surface area contributed by atoms with E-state index in [1.165, 1.54) is 13.5 Å². The van der Waals surface area contributed by atoms with E-state index in [0.717, 1.165) is 31.2 Å². The van der Waals surface area contributed by atoms with Gasteiger partial charge in [-0.15, -0.1) is 6.42 Å². The van der Waals surface area contributed by atoms with E-state index in [1.54, 1.807) is 29.1 Å². The van der Waals surface area contributed by atoms with Gasteiger partial charge in [-0.25, -0.2) is 8.42 Å². The normalized spacial score (nSPS) is 14.6. The van der Waals surface area contributed by atoms with Crippen molar-refractivity contribution in [3.05, 3.63) is 35.7 Å². The van der Waals surface area contributed by atoms with Gasteiger partial charge in [-0.3, -0.25) is 14.2 Å². The van der Waals surface area contributed by atoms with Gasteiger partial charge in [0, 0.05) is 6.20 Å². The minimum absolute atomic E-state index is 0.0746. The molecule has 1 saturated carbocycles. The number of ether oxygens (including phenoxy) is 1. The SMILES string of the molecule is C#CC(=O)NCc1ccn(Cc2cc(OC)c3c(NS(=O)(=O)CC4CCCCC4)noc3c2)n1. The molecule has 10 nitrogen and oxygen atoms in total. The van der Waals surface area contributed by atoms with Crippen molar-refractivity contribution in [3.8, 4) is 18.1 Å². The average molecular weight is 486 g/mol. The summed E-state index contributed by atoms with van der Waals surface area (Å²) >= 11 is 0. The first-order valence-electron chi connectivity index (χ1n) is 11.1. The zero-order chi connectivity index (χ0) is 24.1. The second kappa shape index (κ2) is 10.2. The lowest BCUT2D eigenvalue weighted by Crippen LogP contribution is -2.24. The summed E-state index contributed by atoms with van der Waals surface area (Å²) < 4.78 is 40.7. The molecule has 1 aliphatic carbocycles. The Morgan fingerprint density at radius 3 is 2.85 bits per heavy atom. The largest absolute Gasteiger partial charge is 0.496 e. The monoisotopic (exact) mass is 485 g/mol. The molecule has 1 amide bonds. The topological polar surface area (TPSA) is 128 Å². The predicted molar refractivity (Wildman–Crippen MR) is 127 cm³/mol. The Hall–Kier alpha value is -3.52. The van der Waals surface area contributed by atoms with E-state index in [4.69, 9.17) is 15.7 Å². The predicted octanol–water partition coefficient (Wildman–Crippen LogP) is 2.65. The van der Waals surface area contributed by atoms with E-state index in [2.05, 4.69) is 20.3 Å². The molecule has 180 valence electrons. The molecule has 1 fully saturated rings. The number of carbonyl (C=O) groups excluding carboxylic acids is 1. The lowest BCUT2D eigenvalue weighted by atomic mass is 9.91. The molecule has 0 spiro atoms. The Labute approximate surface area is 198 Å². The van der Waals surface area contributed by atoms with E-state index in [0.29, 0.717) is 29.0 Å². The Kier molecular flexibility index (Phi) is 7.07. The smallest absolute Gasteiger partial charge is 0.295 e. The fourth-order valence-corrected chi connectivity index (χ4v) is 5.73. The first-order valence-corrected chi connectivity index (χ1v) is 12.8. The maximum absolute atomic E-state index is 12.8. The lowest BCUT2D eigenvalue weighted by molar-refractivity contribution is -0.115. The van der Waals surface area contributed by atoms with E-state index in [-0.39, 0.29) is 24.0 Å². The van der Waals surface area contributed by atoms with Gasteiger partial charge in [-0.05, 0) is 48.4 Å². The highest BCUT2D eigenvalue weighted by molar-refractivity contribution is 7.92. The summed E-state index contributed by atoms with van der Waals surface area (Å²) in [4.78, 5) is 11.2. The molecule has 0 aliphatic heterocycles. The first-order chi connectivity index (χ1) is 16.4. The fourth-order valence-electron chi connectivity index (χ4n) is 4.26. The fraction of sp³-hybridized carbons (Fsp3) is 0.435. The zero-order valence-corrected chi connectivity index (χ0v) is 19.7. The number of nitrogens with zero attached hydrogens (tertiary/aromatic N) is 3. The third-order valence-corrected chi connectivity index (χ3v) is 7.27. The van der Waals surface area contributed by atoms with E-state index in [1.807, 2.05) is 5.92 Å². The van der Waals surface area contributed by atoms with Crippen molar-refractivity contribution in [2.45, 2.75) is 45.2 Å². The van der Waals surface area contributed by atoms with Gasteiger partial charge in [-0.1, -0.05) is 24.4 Å². The number of hydrogen-bond acceptors (Lipinski definition) is 7. The standard InChI is InChI=1S/C23H27N5O5S/c1-3-21(29)24-13-18-9-10-28(25-18)14-17-11-19(32-2)22-20(12-17)33-26-23(22)27-34(30,31)15-16-7-5-4-6-8-16/h1,9-12,16H,4-8,13-15H2,2H3,(H,24,29)(H,26,27).